The van der Waals surface area contributed by atoms with Crippen LogP contribution in [0.25, 0.3) is 6.08 Å². The van der Waals surface area contributed by atoms with E-state index in [0.717, 1.165) is 0 Å². The van der Waals surface area contributed by atoms with Crippen LogP contribution in [-0.2, 0) is 4.79 Å². The van der Waals surface area contributed by atoms with Gasteiger partial charge in [-0.1, -0.05) is 35.3 Å². The van der Waals surface area contributed by atoms with Gasteiger partial charge >= 0.3 is 5.97 Å². The lowest BCUT2D eigenvalue weighted by Crippen LogP contribution is -2.13. The Morgan fingerprint density at radius 1 is 0.938 bits per heavy atom. The molecule has 0 unspecified atom stereocenters. The van der Waals surface area contributed by atoms with E-state index >= 15 is 0 Å². The second kappa shape index (κ2) is 10.5. The van der Waals surface area contributed by atoms with Crippen LogP contribution < -0.4 is 14.8 Å². The Kier molecular flexibility index (Phi) is 7.50. The first-order valence-corrected chi connectivity index (χ1v) is 9.99. The van der Waals surface area contributed by atoms with Crippen LogP contribution in [0.2, 0.25) is 10.0 Å². The number of nitrogens with one attached hydrogen (secondary N) is 1. The van der Waals surface area contributed by atoms with E-state index in [4.69, 9.17) is 32.7 Å². The van der Waals surface area contributed by atoms with Gasteiger partial charge in [0.1, 0.15) is 23.1 Å². The van der Waals surface area contributed by atoms with E-state index in [0.29, 0.717) is 38.4 Å². The first kappa shape index (κ1) is 22.9. The number of nitrogens with zero attached hydrogens (tertiary/aromatic N) is 1. The lowest BCUT2D eigenvalue weighted by molar-refractivity contribution is -0.112. The number of esters is 1. The van der Waals surface area contributed by atoms with Crippen LogP contribution in [0.15, 0.2) is 72.3 Å². The Morgan fingerprint density at radius 2 is 1.53 bits per heavy atom. The van der Waals surface area contributed by atoms with Crippen LogP contribution in [0.5, 0.6) is 11.5 Å². The summed E-state index contributed by atoms with van der Waals surface area (Å²) in [5.74, 6) is -0.179. The monoisotopic (exact) mass is 466 g/mol. The van der Waals surface area contributed by atoms with Crippen molar-refractivity contribution < 1.29 is 19.1 Å². The van der Waals surface area contributed by atoms with Crippen molar-refractivity contribution >= 4 is 46.8 Å². The number of benzene rings is 3. The number of rotatable bonds is 6. The smallest absolute Gasteiger partial charge is 0.343 e. The summed E-state index contributed by atoms with van der Waals surface area (Å²) in [6.45, 7) is 0. The molecule has 32 heavy (non-hydrogen) atoms. The van der Waals surface area contributed by atoms with Crippen LogP contribution in [0, 0.1) is 11.3 Å². The van der Waals surface area contributed by atoms with Crippen molar-refractivity contribution in [3.8, 4) is 17.6 Å². The van der Waals surface area contributed by atoms with Gasteiger partial charge in [0, 0.05) is 15.7 Å². The molecule has 0 fully saturated rings. The molecule has 0 aliphatic rings. The molecule has 0 aromatic heterocycles. The maximum Gasteiger partial charge on any atom is 0.343 e. The minimum absolute atomic E-state index is 0.121. The van der Waals surface area contributed by atoms with Gasteiger partial charge < -0.3 is 14.8 Å². The van der Waals surface area contributed by atoms with Gasteiger partial charge in [0.2, 0.25) is 0 Å². The van der Waals surface area contributed by atoms with Crippen molar-refractivity contribution in [2.24, 2.45) is 0 Å². The molecule has 0 spiro atoms. The number of hydrogen-bond acceptors (Lipinski definition) is 5. The molecule has 1 amide bonds. The molecule has 0 radical (unpaired) electrons. The number of nitriles is 1. The zero-order valence-corrected chi connectivity index (χ0v) is 18.3. The van der Waals surface area contributed by atoms with Crippen molar-refractivity contribution in [1.82, 2.24) is 0 Å². The normalized spacial score (nSPS) is 10.8. The van der Waals surface area contributed by atoms with Gasteiger partial charge in [0.15, 0.2) is 0 Å². The number of methoxy groups -OCH3 is 1. The molecule has 3 aromatic rings. The molecule has 0 aliphatic carbocycles. The van der Waals surface area contributed by atoms with Crippen LogP contribution >= 0.6 is 23.2 Å². The summed E-state index contributed by atoms with van der Waals surface area (Å²) in [5.41, 5.74) is 1.20. The molecule has 6 nitrogen and oxygen atoms in total. The van der Waals surface area contributed by atoms with Crippen molar-refractivity contribution in [1.29, 1.82) is 5.26 Å². The van der Waals surface area contributed by atoms with Crippen molar-refractivity contribution in [2.75, 3.05) is 12.4 Å². The number of hydrogen-bond donors (Lipinski definition) is 1. The van der Waals surface area contributed by atoms with Gasteiger partial charge in [-0.15, -0.1) is 0 Å². The van der Waals surface area contributed by atoms with Crippen LogP contribution in [0.4, 0.5) is 5.69 Å². The van der Waals surface area contributed by atoms with Gasteiger partial charge in [0.05, 0.1) is 12.7 Å². The van der Waals surface area contributed by atoms with Gasteiger partial charge in [-0.2, -0.15) is 5.26 Å². The molecule has 1 N–H and O–H groups in total. The van der Waals surface area contributed by atoms with E-state index in [1.807, 2.05) is 6.07 Å². The summed E-state index contributed by atoms with van der Waals surface area (Å²) in [4.78, 5) is 24.7. The van der Waals surface area contributed by atoms with Crippen LogP contribution in [-0.4, -0.2) is 19.0 Å². The summed E-state index contributed by atoms with van der Waals surface area (Å²) in [5, 5.41) is 12.7. The number of ether oxygens (including phenoxy) is 2. The Hall–Kier alpha value is -3.79. The molecule has 0 atom stereocenters. The first-order chi connectivity index (χ1) is 15.4. The van der Waals surface area contributed by atoms with Gasteiger partial charge in [-0.05, 0) is 66.2 Å². The van der Waals surface area contributed by atoms with Crippen molar-refractivity contribution in [3.05, 3.63) is 93.5 Å². The van der Waals surface area contributed by atoms with Crippen molar-refractivity contribution in [2.45, 2.75) is 0 Å². The fraction of sp³-hybridized carbons (Fsp3) is 0.0417. The molecule has 0 saturated heterocycles. The average Bonchev–Trinajstić information content (AvgIpc) is 2.77. The summed E-state index contributed by atoms with van der Waals surface area (Å²) >= 11 is 11.8. The Balaban J connectivity index is 1.68. The minimum Gasteiger partial charge on any atom is -0.497 e. The predicted molar refractivity (Wildman–Crippen MR) is 123 cm³/mol. The second-order valence-electron chi connectivity index (χ2n) is 6.47. The molecule has 0 saturated carbocycles. The third-order valence-corrected chi connectivity index (χ3v) is 4.65. The number of carbonyl (C=O) groups excluding carboxylic acids is 2. The zero-order valence-electron chi connectivity index (χ0n) is 16.8. The SMILES string of the molecule is COc1ccc(C(=O)Oc2ccc(C=C(C#N)C(=O)Nc3cc(Cl)cc(Cl)c3)cc2)cc1. The molecule has 8 heteroatoms. The number of amides is 1. The van der Waals surface area contributed by atoms with E-state index in [1.165, 1.54) is 31.4 Å². The fourth-order valence-electron chi connectivity index (χ4n) is 2.66. The van der Waals surface area contributed by atoms with E-state index in [9.17, 15) is 14.9 Å². The lowest BCUT2D eigenvalue weighted by atomic mass is 10.1. The molecule has 0 aliphatic heterocycles. The van der Waals surface area contributed by atoms with E-state index in [-0.39, 0.29) is 5.57 Å². The molecular weight excluding hydrogens is 451 g/mol. The summed E-state index contributed by atoms with van der Waals surface area (Å²) in [6.07, 6.45) is 1.41. The molecular formula is C24H16Cl2N2O4. The minimum atomic E-state index is -0.610. The zero-order chi connectivity index (χ0) is 23.1. The Labute approximate surface area is 194 Å². The molecule has 3 aromatic carbocycles. The maximum absolute atomic E-state index is 12.4. The van der Waals surface area contributed by atoms with E-state index in [1.54, 1.807) is 48.5 Å². The van der Waals surface area contributed by atoms with Gasteiger partial charge in [0.25, 0.3) is 5.91 Å². The highest BCUT2D eigenvalue weighted by Gasteiger charge is 2.12. The summed E-state index contributed by atoms with van der Waals surface area (Å²) in [6, 6.07) is 19.3. The first-order valence-electron chi connectivity index (χ1n) is 9.23. The molecule has 160 valence electrons. The largest absolute Gasteiger partial charge is 0.497 e. The van der Waals surface area contributed by atoms with Gasteiger partial charge in [-0.25, -0.2) is 4.79 Å². The number of carbonyl (C=O) groups is 2. The number of anilines is 1. The topological polar surface area (TPSA) is 88.4 Å². The second-order valence-corrected chi connectivity index (χ2v) is 7.34. The van der Waals surface area contributed by atoms with E-state index in [2.05, 4.69) is 5.32 Å². The van der Waals surface area contributed by atoms with Crippen LogP contribution in [0.3, 0.4) is 0 Å². The van der Waals surface area contributed by atoms with Gasteiger partial charge in [-0.3, -0.25) is 4.79 Å². The Bertz CT molecular complexity index is 1190. The van der Waals surface area contributed by atoms with Crippen molar-refractivity contribution in [3.63, 3.8) is 0 Å². The summed E-state index contributed by atoms with van der Waals surface area (Å²) < 4.78 is 10.4. The standard InChI is InChI=1S/C24H16Cl2N2O4/c1-31-21-8-4-16(5-9-21)24(30)32-22-6-2-15(3-7-22)10-17(14-27)23(29)28-20-12-18(25)11-19(26)13-20/h2-13H,1H3,(H,28,29). The third kappa shape index (κ3) is 6.11. The quantitative estimate of drug-likeness (QED) is 0.215. The predicted octanol–water partition coefficient (Wildman–Crippen LogP) is 5.77. The third-order valence-electron chi connectivity index (χ3n) is 4.21. The fourth-order valence-corrected chi connectivity index (χ4v) is 3.19. The highest BCUT2D eigenvalue weighted by Crippen LogP contribution is 2.23. The van der Waals surface area contributed by atoms with E-state index < -0.39 is 11.9 Å². The molecule has 3 rings (SSSR count). The molecule has 0 heterocycles. The average molecular weight is 467 g/mol. The lowest BCUT2D eigenvalue weighted by Gasteiger charge is -2.07. The summed E-state index contributed by atoms with van der Waals surface area (Å²) in [7, 11) is 1.54. The maximum atomic E-state index is 12.4. The highest BCUT2D eigenvalue weighted by atomic mass is 35.5. The van der Waals surface area contributed by atoms with Crippen LogP contribution in [0.1, 0.15) is 15.9 Å². The number of halogens is 2. The Morgan fingerprint density at radius 3 is 2.09 bits per heavy atom. The highest BCUT2D eigenvalue weighted by molar-refractivity contribution is 6.35. The molecule has 0 bridgehead atoms.